The van der Waals surface area contributed by atoms with E-state index in [1.165, 1.54) is 0 Å². The molecule has 18 heavy (non-hydrogen) atoms. The average molecular weight is 314 g/mol. The molecule has 0 fully saturated rings. The van der Waals surface area contributed by atoms with Crippen molar-refractivity contribution in [1.82, 2.24) is 10.4 Å². The second-order valence-electron chi connectivity index (χ2n) is 3.67. The molecule has 1 aromatic carbocycles. The van der Waals surface area contributed by atoms with Gasteiger partial charge in [-0.3, -0.25) is 10.8 Å². The molecule has 0 amide bonds. The molecule has 2 rings (SSSR count). The molecule has 1 unspecified atom stereocenters. The van der Waals surface area contributed by atoms with Crippen LogP contribution in [-0.2, 0) is 0 Å². The number of pyridine rings is 1. The summed E-state index contributed by atoms with van der Waals surface area (Å²) in [6.07, 6.45) is 1.57. The monoisotopic (exact) mass is 313 g/mol. The summed E-state index contributed by atoms with van der Waals surface area (Å²) in [5.74, 6) is 4.34. The standard InChI is InChI=1S/C12H10BrF2N3/c13-7-1-4-11(17-6-7)12(18-16)9-5-8(14)2-3-10(9)15/h1-6,12,18H,16H2. The summed E-state index contributed by atoms with van der Waals surface area (Å²) in [5, 5.41) is 0. The van der Waals surface area contributed by atoms with E-state index in [-0.39, 0.29) is 5.56 Å². The minimum Gasteiger partial charge on any atom is -0.271 e. The summed E-state index contributed by atoms with van der Waals surface area (Å²) in [5.41, 5.74) is 3.06. The number of rotatable bonds is 3. The van der Waals surface area contributed by atoms with Gasteiger partial charge < -0.3 is 0 Å². The van der Waals surface area contributed by atoms with Crippen LogP contribution in [0.5, 0.6) is 0 Å². The Morgan fingerprint density at radius 1 is 1.22 bits per heavy atom. The van der Waals surface area contributed by atoms with Crippen LogP contribution in [-0.4, -0.2) is 4.98 Å². The van der Waals surface area contributed by atoms with Crippen molar-refractivity contribution in [1.29, 1.82) is 0 Å². The lowest BCUT2D eigenvalue weighted by Gasteiger charge is -2.16. The van der Waals surface area contributed by atoms with Gasteiger partial charge >= 0.3 is 0 Å². The first-order valence-corrected chi connectivity index (χ1v) is 5.93. The van der Waals surface area contributed by atoms with Gasteiger partial charge in [-0.05, 0) is 46.3 Å². The second kappa shape index (κ2) is 5.51. The van der Waals surface area contributed by atoms with E-state index < -0.39 is 17.7 Å². The summed E-state index contributed by atoms with van der Waals surface area (Å²) in [4.78, 5) is 4.12. The van der Waals surface area contributed by atoms with Crippen molar-refractivity contribution in [3.8, 4) is 0 Å². The van der Waals surface area contributed by atoms with Crippen LogP contribution in [0.4, 0.5) is 8.78 Å². The van der Waals surface area contributed by atoms with Crippen molar-refractivity contribution < 1.29 is 8.78 Å². The van der Waals surface area contributed by atoms with Crippen LogP contribution in [0.15, 0.2) is 41.0 Å². The van der Waals surface area contributed by atoms with Crippen LogP contribution in [0, 0.1) is 11.6 Å². The molecule has 1 aromatic heterocycles. The molecule has 0 aliphatic carbocycles. The molecule has 1 heterocycles. The molecule has 0 aliphatic heterocycles. The highest BCUT2D eigenvalue weighted by Gasteiger charge is 2.18. The number of nitrogens with one attached hydrogen (secondary N) is 1. The van der Waals surface area contributed by atoms with Crippen LogP contribution in [0.1, 0.15) is 17.3 Å². The predicted molar refractivity (Wildman–Crippen MR) is 67.5 cm³/mol. The largest absolute Gasteiger partial charge is 0.271 e. The molecule has 0 radical (unpaired) electrons. The molecule has 6 heteroatoms. The topological polar surface area (TPSA) is 50.9 Å². The van der Waals surface area contributed by atoms with E-state index in [2.05, 4.69) is 26.3 Å². The zero-order valence-corrected chi connectivity index (χ0v) is 10.8. The van der Waals surface area contributed by atoms with Crippen molar-refractivity contribution in [3.63, 3.8) is 0 Å². The summed E-state index contributed by atoms with van der Waals surface area (Å²) in [6.45, 7) is 0. The van der Waals surface area contributed by atoms with Crippen LogP contribution >= 0.6 is 15.9 Å². The predicted octanol–water partition coefficient (Wildman–Crippen LogP) is 2.68. The van der Waals surface area contributed by atoms with E-state index in [0.29, 0.717) is 5.69 Å². The van der Waals surface area contributed by atoms with Gasteiger partial charge in [-0.2, -0.15) is 0 Å². The molecule has 1 atom stereocenters. The Hall–Kier alpha value is -1.37. The highest BCUT2D eigenvalue weighted by atomic mass is 79.9. The first-order valence-electron chi connectivity index (χ1n) is 5.14. The van der Waals surface area contributed by atoms with Gasteiger partial charge in [-0.25, -0.2) is 14.2 Å². The first kappa shape index (κ1) is 13.1. The van der Waals surface area contributed by atoms with Gasteiger partial charge in [0.05, 0.1) is 11.7 Å². The van der Waals surface area contributed by atoms with Crippen LogP contribution in [0.2, 0.25) is 0 Å². The number of hydrogen-bond donors (Lipinski definition) is 2. The van der Waals surface area contributed by atoms with E-state index in [1.807, 2.05) is 0 Å². The summed E-state index contributed by atoms with van der Waals surface area (Å²) in [6, 6.07) is 5.95. The smallest absolute Gasteiger partial charge is 0.128 e. The molecular formula is C12H10BrF2N3. The first-order chi connectivity index (χ1) is 8.61. The fourth-order valence-corrected chi connectivity index (χ4v) is 1.86. The SMILES string of the molecule is NNC(c1ccc(Br)cn1)c1cc(F)ccc1F. The third-order valence-electron chi connectivity index (χ3n) is 2.48. The molecule has 0 saturated carbocycles. The molecule has 0 spiro atoms. The number of hydrazine groups is 1. The normalized spacial score (nSPS) is 12.4. The van der Waals surface area contributed by atoms with Crippen LogP contribution in [0.3, 0.4) is 0 Å². The van der Waals surface area contributed by atoms with E-state index in [0.717, 1.165) is 22.7 Å². The van der Waals surface area contributed by atoms with Crippen molar-refractivity contribution in [2.24, 2.45) is 5.84 Å². The Morgan fingerprint density at radius 3 is 2.61 bits per heavy atom. The Morgan fingerprint density at radius 2 is 2.00 bits per heavy atom. The van der Waals surface area contributed by atoms with Gasteiger partial charge in [0.15, 0.2) is 0 Å². The minimum atomic E-state index is -0.700. The maximum absolute atomic E-state index is 13.7. The molecule has 0 bridgehead atoms. The van der Waals surface area contributed by atoms with Crippen molar-refractivity contribution in [3.05, 3.63) is 63.9 Å². The Bertz CT molecular complexity index is 546. The number of aromatic nitrogens is 1. The number of nitrogens with two attached hydrogens (primary N) is 1. The highest BCUT2D eigenvalue weighted by Crippen LogP contribution is 2.24. The molecule has 94 valence electrons. The van der Waals surface area contributed by atoms with Gasteiger partial charge in [-0.1, -0.05) is 0 Å². The zero-order chi connectivity index (χ0) is 13.1. The number of hydrogen-bond acceptors (Lipinski definition) is 3. The zero-order valence-electron chi connectivity index (χ0n) is 9.20. The van der Waals surface area contributed by atoms with Crippen molar-refractivity contribution in [2.75, 3.05) is 0 Å². The van der Waals surface area contributed by atoms with Gasteiger partial charge in [0, 0.05) is 16.2 Å². The van der Waals surface area contributed by atoms with E-state index in [4.69, 9.17) is 5.84 Å². The maximum Gasteiger partial charge on any atom is 0.128 e. The van der Waals surface area contributed by atoms with Crippen molar-refractivity contribution in [2.45, 2.75) is 6.04 Å². The van der Waals surface area contributed by atoms with Gasteiger partial charge in [-0.15, -0.1) is 0 Å². The summed E-state index contributed by atoms with van der Waals surface area (Å²) in [7, 11) is 0. The quantitative estimate of drug-likeness (QED) is 0.676. The number of halogens is 3. The lowest BCUT2D eigenvalue weighted by Crippen LogP contribution is -2.30. The Kier molecular flexibility index (Phi) is 4.00. The molecular weight excluding hydrogens is 304 g/mol. The third-order valence-corrected chi connectivity index (χ3v) is 2.95. The second-order valence-corrected chi connectivity index (χ2v) is 4.58. The Balaban J connectivity index is 2.44. The number of benzene rings is 1. The third kappa shape index (κ3) is 2.72. The van der Waals surface area contributed by atoms with E-state index >= 15 is 0 Å². The van der Waals surface area contributed by atoms with E-state index in [9.17, 15) is 8.78 Å². The molecule has 3 nitrogen and oxygen atoms in total. The van der Waals surface area contributed by atoms with Crippen LogP contribution < -0.4 is 11.3 Å². The van der Waals surface area contributed by atoms with E-state index in [1.54, 1.807) is 18.3 Å². The number of nitrogens with zero attached hydrogens (tertiary/aromatic N) is 1. The van der Waals surface area contributed by atoms with Crippen LogP contribution in [0.25, 0.3) is 0 Å². The summed E-state index contributed by atoms with van der Waals surface area (Å²) >= 11 is 3.25. The molecule has 3 N–H and O–H groups in total. The highest BCUT2D eigenvalue weighted by molar-refractivity contribution is 9.10. The van der Waals surface area contributed by atoms with Crippen molar-refractivity contribution >= 4 is 15.9 Å². The Labute approximate surface area is 111 Å². The fourth-order valence-electron chi connectivity index (χ4n) is 1.63. The van der Waals surface area contributed by atoms with Gasteiger partial charge in [0.1, 0.15) is 11.6 Å². The lowest BCUT2D eigenvalue weighted by molar-refractivity contribution is 0.540. The van der Waals surface area contributed by atoms with Gasteiger partial charge in [0.2, 0.25) is 0 Å². The fraction of sp³-hybridized carbons (Fsp3) is 0.0833. The van der Waals surface area contributed by atoms with Gasteiger partial charge in [0.25, 0.3) is 0 Å². The summed E-state index contributed by atoms with van der Waals surface area (Å²) < 4.78 is 27.6. The lowest BCUT2D eigenvalue weighted by atomic mass is 10.0. The molecule has 2 aromatic rings. The molecule has 0 saturated heterocycles. The maximum atomic E-state index is 13.7. The minimum absolute atomic E-state index is 0.118. The average Bonchev–Trinajstić information content (AvgIpc) is 2.37. The molecule has 0 aliphatic rings.